The smallest absolute Gasteiger partial charge is 0.329 e. The first-order valence-electron chi connectivity index (χ1n) is 8.21. The van der Waals surface area contributed by atoms with Crippen LogP contribution in [0.25, 0.3) is 11.2 Å². The number of aromatic nitrogens is 4. The molecule has 1 aromatic carbocycles. The molecule has 9 heteroatoms. The minimum Gasteiger partial charge on any atom is -0.495 e. The highest BCUT2D eigenvalue weighted by atomic mass is 35.5. The normalized spacial score (nSPS) is 16.8. The molecule has 0 fully saturated rings. The van der Waals surface area contributed by atoms with E-state index in [2.05, 4.69) is 16.9 Å². The van der Waals surface area contributed by atoms with E-state index in [-0.39, 0.29) is 5.92 Å². The Bertz CT molecular complexity index is 1130. The van der Waals surface area contributed by atoms with Crippen molar-refractivity contribution in [3.8, 4) is 5.75 Å². The molecule has 136 valence electrons. The third-order valence-corrected chi connectivity index (χ3v) is 4.88. The van der Waals surface area contributed by atoms with Crippen LogP contribution in [0.5, 0.6) is 5.75 Å². The van der Waals surface area contributed by atoms with Crippen molar-refractivity contribution in [1.29, 1.82) is 0 Å². The molecule has 0 unspecified atom stereocenters. The van der Waals surface area contributed by atoms with E-state index in [1.807, 2.05) is 15.5 Å². The Labute approximate surface area is 153 Å². The summed E-state index contributed by atoms with van der Waals surface area (Å²) in [6.07, 6.45) is 0. The maximum absolute atomic E-state index is 12.4. The highest BCUT2D eigenvalue weighted by Crippen LogP contribution is 2.39. The van der Waals surface area contributed by atoms with E-state index in [4.69, 9.17) is 16.3 Å². The van der Waals surface area contributed by atoms with Crippen molar-refractivity contribution >= 4 is 34.4 Å². The fourth-order valence-corrected chi connectivity index (χ4v) is 3.61. The molecule has 0 amide bonds. The summed E-state index contributed by atoms with van der Waals surface area (Å²) in [6, 6.07) is 5.37. The standard InChI is InChI=1S/C17H18ClN5O3/c1-9-7-22(11-6-10(18)4-5-12(11)26-3)16-19-14-13(23(16)8-9)15(24)20-17(25)21(14)2/h4-6,9H,7-8H2,1-3H3,(H,20,24,25)/t9-/m1/s1. The minimum atomic E-state index is -0.488. The summed E-state index contributed by atoms with van der Waals surface area (Å²) in [4.78, 5) is 33.3. The van der Waals surface area contributed by atoms with Crippen LogP contribution in [0.4, 0.5) is 11.6 Å². The monoisotopic (exact) mass is 375 g/mol. The van der Waals surface area contributed by atoms with Crippen LogP contribution in [0, 0.1) is 5.92 Å². The van der Waals surface area contributed by atoms with Gasteiger partial charge in [-0.25, -0.2) is 4.79 Å². The van der Waals surface area contributed by atoms with Crippen LogP contribution < -0.4 is 20.9 Å². The molecule has 1 N–H and O–H groups in total. The number of benzene rings is 1. The SMILES string of the molecule is COc1ccc(Cl)cc1N1C[C@@H](C)Cn2c1nc1c2c(=O)[nH]c(=O)n1C. The maximum atomic E-state index is 12.4. The summed E-state index contributed by atoms with van der Waals surface area (Å²) in [6.45, 7) is 3.41. The molecule has 3 heterocycles. The fourth-order valence-electron chi connectivity index (χ4n) is 3.44. The third-order valence-electron chi connectivity index (χ3n) is 4.65. The number of aryl methyl sites for hydroxylation is 1. The second kappa shape index (κ2) is 5.91. The number of ether oxygens (including phenoxy) is 1. The quantitative estimate of drug-likeness (QED) is 0.739. The predicted molar refractivity (Wildman–Crippen MR) is 99.8 cm³/mol. The number of H-pyrrole nitrogens is 1. The topological polar surface area (TPSA) is 85.2 Å². The second-order valence-electron chi connectivity index (χ2n) is 6.54. The zero-order valence-corrected chi connectivity index (χ0v) is 15.4. The van der Waals surface area contributed by atoms with Gasteiger partial charge >= 0.3 is 5.69 Å². The number of halogens is 1. The fraction of sp³-hybridized carbons (Fsp3) is 0.353. The highest BCUT2D eigenvalue weighted by molar-refractivity contribution is 6.31. The Kier molecular flexibility index (Phi) is 3.80. The first-order valence-corrected chi connectivity index (χ1v) is 8.59. The van der Waals surface area contributed by atoms with Gasteiger partial charge in [0.15, 0.2) is 11.2 Å². The maximum Gasteiger partial charge on any atom is 0.329 e. The molecule has 0 radical (unpaired) electrons. The van der Waals surface area contributed by atoms with Gasteiger partial charge < -0.3 is 14.2 Å². The van der Waals surface area contributed by atoms with Gasteiger partial charge in [0.25, 0.3) is 5.56 Å². The van der Waals surface area contributed by atoms with Crippen LogP contribution in [0.15, 0.2) is 27.8 Å². The molecule has 3 aromatic rings. The van der Waals surface area contributed by atoms with E-state index < -0.39 is 11.2 Å². The van der Waals surface area contributed by atoms with Crippen LogP contribution in [0.3, 0.4) is 0 Å². The number of imidazole rings is 1. The molecule has 2 aromatic heterocycles. The number of nitrogens with zero attached hydrogens (tertiary/aromatic N) is 4. The van der Waals surface area contributed by atoms with Crippen molar-refractivity contribution < 1.29 is 4.74 Å². The van der Waals surface area contributed by atoms with Gasteiger partial charge in [0.05, 0.1) is 12.8 Å². The van der Waals surface area contributed by atoms with Crippen LogP contribution >= 0.6 is 11.6 Å². The van der Waals surface area contributed by atoms with Crippen molar-refractivity contribution in [2.75, 3.05) is 18.6 Å². The Morgan fingerprint density at radius 2 is 2.08 bits per heavy atom. The molecule has 4 rings (SSSR count). The second-order valence-corrected chi connectivity index (χ2v) is 6.98. The number of hydrogen-bond acceptors (Lipinski definition) is 5. The molecular formula is C17H18ClN5O3. The molecule has 0 saturated carbocycles. The van der Waals surface area contributed by atoms with Crippen LogP contribution in [0.1, 0.15) is 6.92 Å². The lowest BCUT2D eigenvalue weighted by atomic mass is 10.1. The first kappa shape index (κ1) is 16.7. The van der Waals surface area contributed by atoms with Crippen molar-refractivity contribution in [3.63, 3.8) is 0 Å². The van der Waals surface area contributed by atoms with Crippen molar-refractivity contribution in [2.24, 2.45) is 13.0 Å². The lowest BCUT2D eigenvalue weighted by Crippen LogP contribution is -2.35. The first-order chi connectivity index (χ1) is 12.4. The van der Waals surface area contributed by atoms with Crippen molar-refractivity contribution in [2.45, 2.75) is 13.5 Å². The summed E-state index contributed by atoms with van der Waals surface area (Å²) < 4.78 is 8.68. The van der Waals surface area contributed by atoms with Gasteiger partial charge in [0.1, 0.15) is 5.75 Å². The molecule has 8 nitrogen and oxygen atoms in total. The number of fused-ring (bicyclic) bond motifs is 3. The molecule has 1 atom stereocenters. The van der Waals surface area contributed by atoms with Gasteiger partial charge in [0, 0.05) is 25.2 Å². The zero-order chi connectivity index (χ0) is 18.6. The zero-order valence-electron chi connectivity index (χ0n) is 14.6. The van der Waals surface area contributed by atoms with Crippen molar-refractivity contribution in [1.82, 2.24) is 19.1 Å². The van der Waals surface area contributed by atoms with Gasteiger partial charge in [-0.05, 0) is 24.1 Å². The lowest BCUT2D eigenvalue weighted by molar-refractivity contribution is 0.410. The van der Waals surface area contributed by atoms with E-state index in [9.17, 15) is 9.59 Å². The van der Waals surface area contributed by atoms with Gasteiger partial charge in [-0.15, -0.1) is 0 Å². The Morgan fingerprint density at radius 3 is 2.81 bits per heavy atom. The lowest BCUT2D eigenvalue weighted by Gasteiger charge is -2.33. The Morgan fingerprint density at radius 1 is 1.31 bits per heavy atom. The number of anilines is 2. The molecule has 1 aliphatic rings. The number of methoxy groups -OCH3 is 1. The Hall–Kier alpha value is -2.74. The number of hydrogen-bond donors (Lipinski definition) is 1. The summed E-state index contributed by atoms with van der Waals surface area (Å²) in [5, 5.41) is 0.576. The predicted octanol–water partition coefficient (Wildman–Crippen LogP) is 1.87. The van der Waals surface area contributed by atoms with E-state index in [0.717, 1.165) is 5.69 Å². The van der Waals surface area contributed by atoms with Crippen LogP contribution in [-0.4, -0.2) is 32.8 Å². The van der Waals surface area contributed by atoms with E-state index in [1.54, 1.807) is 26.3 Å². The van der Waals surface area contributed by atoms with Gasteiger partial charge in [0.2, 0.25) is 5.95 Å². The van der Waals surface area contributed by atoms with E-state index >= 15 is 0 Å². The minimum absolute atomic E-state index is 0.250. The number of nitrogens with one attached hydrogen (secondary N) is 1. The van der Waals surface area contributed by atoms with E-state index in [0.29, 0.717) is 41.0 Å². The van der Waals surface area contributed by atoms with Crippen LogP contribution in [-0.2, 0) is 13.6 Å². The average molecular weight is 376 g/mol. The molecule has 0 spiro atoms. The molecule has 1 aliphatic heterocycles. The largest absolute Gasteiger partial charge is 0.495 e. The number of rotatable bonds is 2. The molecule has 0 bridgehead atoms. The summed E-state index contributed by atoms with van der Waals surface area (Å²) in [5.74, 6) is 1.50. The summed E-state index contributed by atoms with van der Waals surface area (Å²) in [7, 11) is 3.19. The average Bonchev–Trinajstić information content (AvgIpc) is 2.99. The van der Waals surface area contributed by atoms with Crippen molar-refractivity contribution in [3.05, 3.63) is 44.1 Å². The molecule has 0 aliphatic carbocycles. The number of aromatic amines is 1. The van der Waals surface area contributed by atoms with Crippen LogP contribution in [0.2, 0.25) is 5.02 Å². The molecule has 26 heavy (non-hydrogen) atoms. The summed E-state index contributed by atoms with van der Waals surface area (Å²) in [5.41, 5.74) is 0.588. The Balaban J connectivity index is 2.03. The van der Waals surface area contributed by atoms with E-state index in [1.165, 1.54) is 4.57 Å². The highest BCUT2D eigenvalue weighted by Gasteiger charge is 2.30. The van der Waals surface area contributed by atoms with Gasteiger partial charge in [-0.3, -0.25) is 14.3 Å². The molecule has 0 saturated heterocycles. The van der Waals surface area contributed by atoms with Gasteiger partial charge in [-0.1, -0.05) is 18.5 Å². The van der Waals surface area contributed by atoms with Gasteiger partial charge in [-0.2, -0.15) is 4.98 Å². The molecular weight excluding hydrogens is 358 g/mol. The summed E-state index contributed by atoms with van der Waals surface area (Å²) >= 11 is 6.20. The third kappa shape index (κ3) is 2.40.